The monoisotopic (exact) mass is 236 g/mol. The predicted molar refractivity (Wildman–Crippen MR) is 62.9 cm³/mol. The summed E-state index contributed by atoms with van der Waals surface area (Å²) in [5.74, 6) is 0. The summed E-state index contributed by atoms with van der Waals surface area (Å²) in [7, 11) is 0. The van der Waals surface area contributed by atoms with Crippen molar-refractivity contribution >= 4 is 23.2 Å². The standard InChI is InChI=1S/C10H18Cl2N2/c11-8-10(12)9-13-4-7-14-5-2-1-3-6-14/h8,13H,1-7,9H2. The van der Waals surface area contributed by atoms with Crippen LogP contribution in [-0.2, 0) is 0 Å². The summed E-state index contributed by atoms with van der Waals surface area (Å²) in [5.41, 5.74) is 1.41. The van der Waals surface area contributed by atoms with Crippen LogP contribution in [0, 0.1) is 0 Å². The van der Waals surface area contributed by atoms with E-state index in [4.69, 9.17) is 23.2 Å². The van der Waals surface area contributed by atoms with E-state index in [2.05, 4.69) is 10.2 Å². The summed E-state index contributed by atoms with van der Waals surface area (Å²) in [4.78, 5) is 2.49. The van der Waals surface area contributed by atoms with Gasteiger partial charge in [-0.2, -0.15) is 0 Å². The molecule has 0 aromatic heterocycles. The van der Waals surface area contributed by atoms with E-state index < -0.39 is 0 Å². The Morgan fingerprint density at radius 2 is 2.00 bits per heavy atom. The number of rotatable bonds is 5. The molecule has 1 aliphatic heterocycles. The molecule has 0 aliphatic carbocycles. The van der Waals surface area contributed by atoms with Crippen molar-refractivity contribution in [2.24, 2.45) is 0 Å². The van der Waals surface area contributed by atoms with Gasteiger partial charge < -0.3 is 10.2 Å². The third kappa shape index (κ3) is 5.20. The van der Waals surface area contributed by atoms with Gasteiger partial charge in [-0.1, -0.05) is 29.6 Å². The van der Waals surface area contributed by atoms with Crippen molar-refractivity contribution in [3.63, 3.8) is 0 Å². The summed E-state index contributed by atoms with van der Waals surface area (Å²) in [6.45, 7) is 5.29. The summed E-state index contributed by atoms with van der Waals surface area (Å²) < 4.78 is 0. The van der Waals surface area contributed by atoms with Crippen LogP contribution in [0.25, 0.3) is 0 Å². The Balaban J connectivity index is 1.97. The molecule has 0 aromatic carbocycles. The summed E-state index contributed by atoms with van der Waals surface area (Å²) >= 11 is 11.2. The number of hydrogen-bond donors (Lipinski definition) is 1. The Labute approximate surface area is 96.2 Å². The summed E-state index contributed by atoms with van der Waals surface area (Å²) in [6.07, 6.45) is 4.09. The van der Waals surface area contributed by atoms with Crippen molar-refractivity contribution in [3.8, 4) is 0 Å². The lowest BCUT2D eigenvalue weighted by Crippen LogP contribution is -2.36. The fourth-order valence-electron chi connectivity index (χ4n) is 1.67. The lowest BCUT2D eigenvalue weighted by molar-refractivity contribution is 0.230. The zero-order chi connectivity index (χ0) is 10.2. The van der Waals surface area contributed by atoms with Crippen LogP contribution in [0.4, 0.5) is 0 Å². The van der Waals surface area contributed by atoms with E-state index in [0.29, 0.717) is 11.6 Å². The van der Waals surface area contributed by atoms with Crippen LogP contribution >= 0.6 is 23.2 Å². The number of hydrogen-bond acceptors (Lipinski definition) is 2. The van der Waals surface area contributed by atoms with E-state index in [0.717, 1.165) is 13.1 Å². The minimum Gasteiger partial charge on any atom is -0.310 e. The van der Waals surface area contributed by atoms with Crippen LogP contribution in [0.5, 0.6) is 0 Å². The highest BCUT2D eigenvalue weighted by Crippen LogP contribution is 2.07. The highest BCUT2D eigenvalue weighted by molar-refractivity contribution is 6.36. The molecule has 14 heavy (non-hydrogen) atoms. The molecule has 1 rings (SSSR count). The Kier molecular flexibility index (Phi) is 6.61. The van der Waals surface area contributed by atoms with Crippen molar-refractivity contribution < 1.29 is 0 Å². The summed E-state index contributed by atoms with van der Waals surface area (Å²) in [5, 5.41) is 3.93. The molecule has 0 unspecified atom stereocenters. The molecular formula is C10H18Cl2N2. The maximum atomic E-state index is 5.74. The normalized spacial score (nSPS) is 20.0. The van der Waals surface area contributed by atoms with Gasteiger partial charge in [-0.3, -0.25) is 0 Å². The van der Waals surface area contributed by atoms with Crippen LogP contribution in [0.3, 0.4) is 0 Å². The molecule has 0 bridgehead atoms. The van der Waals surface area contributed by atoms with E-state index in [1.807, 2.05) is 0 Å². The molecule has 1 saturated heterocycles. The van der Waals surface area contributed by atoms with Gasteiger partial charge in [-0.25, -0.2) is 0 Å². The van der Waals surface area contributed by atoms with Gasteiger partial charge in [-0.05, 0) is 25.9 Å². The average Bonchev–Trinajstić information content (AvgIpc) is 2.25. The van der Waals surface area contributed by atoms with E-state index >= 15 is 0 Å². The lowest BCUT2D eigenvalue weighted by atomic mass is 10.1. The number of nitrogens with one attached hydrogen (secondary N) is 1. The molecule has 1 aliphatic rings. The molecule has 4 heteroatoms. The second-order valence-corrected chi connectivity index (χ2v) is 4.34. The fourth-order valence-corrected chi connectivity index (χ4v) is 1.84. The molecule has 2 nitrogen and oxygen atoms in total. The molecule has 1 N–H and O–H groups in total. The predicted octanol–water partition coefficient (Wildman–Crippen LogP) is 2.38. The molecule has 1 fully saturated rings. The van der Waals surface area contributed by atoms with E-state index in [-0.39, 0.29) is 0 Å². The zero-order valence-electron chi connectivity index (χ0n) is 8.44. The Bertz CT molecular complexity index is 177. The highest BCUT2D eigenvalue weighted by Gasteiger charge is 2.08. The van der Waals surface area contributed by atoms with Crippen molar-refractivity contribution in [1.82, 2.24) is 10.2 Å². The summed E-state index contributed by atoms with van der Waals surface area (Å²) in [6, 6.07) is 0. The number of halogens is 2. The first-order valence-electron chi connectivity index (χ1n) is 5.21. The molecule has 0 atom stereocenters. The molecule has 0 radical (unpaired) electrons. The first-order valence-corrected chi connectivity index (χ1v) is 6.02. The Hall–Kier alpha value is 0.240. The highest BCUT2D eigenvalue weighted by atomic mass is 35.5. The van der Waals surface area contributed by atoms with Gasteiger partial charge in [0.25, 0.3) is 0 Å². The topological polar surface area (TPSA) is 15.3 Å². The molecule has 1 heterocycles. The minimum atomic E-state index is 0.672. The van der Waals surface area contributed by atoms with E-state index in [1.165, 1.54) is 37.9 Å². The van der Waals surface area contributed by atoms with Crippen LogP contribution < -0.4 is 5.32 Å². The first kappa shape index (κ1) is 12.3. The lowest BCUT2D eigenvalue weighted by Gasteiger charge is -2.26. The maximum Gasteiger partial charge on any atom is 0.0431 e. The van der Waals surface area contributed by atoms with Crippen LogP contribution in [0.2, 0.25) is 0 Å². The molecular weight excluding hydrogens is 219 g/mol. The maximum absolute atomic E-state index is 5.74. The van der Waals surface area contributed by atoms with Gasteiger partial charge in [0.05, 0.1) is 0 Å². The fraction of sp³-hybridized carbons (Fsp3) is 0.800. The average molecular weight is 237 g/mol. The quantitative estimate of drug-likeness (QED) is 0.738. The first-order chi connectivity index (χ1) is 6.83. The van der Waals surface area contributed by atoms with Gasteiger partial charge >= 0.3 is 0 Å². The minimum absolute atomic E-state index is 0.672. The molecule has 0 saturated carbocycles. The molecule has 82 valence electrons. The smallest absolute Gasteiger partial charge is 0.0431 e. The third-order valence-electron chi connectivity index (χ3n) is 2.47. The second kappa shape index (κ2) is 7.52. The number of nitrogens with zero attached hydrogens (tertiary/aromatic N) is 1. The zero-order valence-corrected chi connectivity index (χ0v) is 9.95. The van der Waals surface area contributed by atoms with Crippen molar-refractivity contribution in [3.05, 3.63) is 10.6 Å². The Morgan fingerprint density at radius 3 is 2.64 bits per heavy atom. The third-order valence-corrected chi connectivity index (χ3v) is 3.08. The largest absolute Gasteiger partial charge is 0.310 e. The van der Waals surface area contributed by atoms with E-state index in [9.17, 15) is 0 Å². The van der Waals surface area contributed by atoms with Crippen LogP contribution in [0.1, 0.15) is 19.3 Å². The van der Waals surface area contributed by atoms with Crippen molar-refractivity contribution in [2.45, 2.75) is 19.3 Å². The van der Waals surface area contributed by atoms with Crippen LogP contribution in [-0.4, -0.2) is 37.6 Å². The second-order valence-electron chi connectivity index (χ2n) is 3.64. The van der Waals surface area contributed by atoms with Crippen LogP contribution in [0.15, 0.2) is 10.6 Å². The van der Waals surface area contributed by atoms with Gasteiger partial charge in [-0.15, -0.1) is 0 Å². The van der Waals surface area contributed by atoms with Crippen molar-refractivity contribution in [2.75, 3.05) is 32.7 Å². The molecule has 0 amide bonds. The van der Waals surface area contributed by atoms with Gasteiger partial charge in [0, 0.05) is 30.2 Å². The molecule has 0 aromatic rings. The number of likely N-dealkylation sites (tertiary alicyclic amines) is 1. The van der Waals surface area contributed by atoms with Crippen molar-refractivity contribution in [1.29, 1.82) is 0 Å². The Morgan fingerprint density at radius 1 is 1.29 bits per heavy atom. The van der Waals surface area contributed by atoms with Gasteiger partial charge in [0.2, 0.25) is 0 Å². The van der Waals surface area contributed by atoms with Gasteiger partial charge in [0.1, 0.15) is 0 Å². The SMILES string of the molecule is ClC=C(Cl)CNCCN1CCCCC1. The van der Waals surface area contributed by atoms with Gasteiger partial charge in [0.15, 0.2) is 0 Å². The molecule has 0 spiro atoms. The van der Waals surface area contributed by atoms with E-state index in [1.54, 1.807) is 0 Å². The number of piperidine rings is 1.